The maximum Gasteiger partial charge on any atom is 0.271 e. The summed E-state index contributed by atoms with van der Waals surface area (Å²) in [5.74, 6) is 2.77. The summed E-state index contributed by atoms with van der Waals surface area (Å²) < 4.78 is 0. The van der Waals surface area contributed by atoms with Gasteiger partial charge in [0.15, 0.2) is 0 Å². The maximum absolute atomic E-state index is 12.5. The summed E-state index contributed by atoms with van der Waals surface area (Å²) in [4.78, 5) is 16.4. The zero-order valence-corrected chi connectivity index (χ0v) is 18.3. The van der Waals surface area contributed by atoms with Crippen molar-refractivity contribution >= 4 is 11.6 Å². The third-order valence-electron chi connectivity index (χ3n) is 9.61. The third-order valence-corrected chi connectivity index (χ3v) is 9.61. The summed E-state index contributed by atoms with van der Waals surface area (Å²) in [6.45, 7) is 4.93. The number of rotatable bonds is 2. The van der Waals surface area contributed by atoms with E-state index < -0.39 is 0 Å². The predicted octanol–water partition coefficient (Wildman–Crippen LogP) is 4.57. The van der Waals surface area contributed by atoms with Crippen LogP contribution >= 0.6 is 0 Å². The number of aliphatic hydroxyl groups excluding tert-OH is 1. The van der Waals surface area contributed by atoms with Crippen LogP contribution in [0.15, 0.2) is 29.6 Å². The number of hydrogen-bond donors (Lipinski definition) is 2. The molecule has 4 aliphatic carbocycles. The van der Waals surface area contributed by atoms with Gasteiger partial charge in [-0.3, -0.25) is 9.78 Å². The van der Waals surface area contributed by atoms with E-state index in [4.69, 9.17) is 0 Å². The van der Waals surface area contributed by atoms with Crippen molar-refractivity contribution < 1.29 is 9.90 Å². The van der Waals surface area contributed by atoms with Gasteiger partial charge in [-0.15, -0.1) is 0 Å². The summed E-state index contributed by atoms with van der Waals surface area (Å²) in [6, 6.07) is 3.44. The van der Waals surface area contributed by atoms with Gasteiger partial charge in [0.2, 0.25) is 0 Å². The molecule has 0 bridgehead atoms. The van der Waals surface area contributed by atoms with Crippen LogP contribution in [0.2, 0.25) is 0 Å². The van der Waals surface area contributed by atoms with Gasteiger partial charge in [-0.05, 0) is 99.0 Å². The minimum absolute atomic E-state index is 0.0808. The zero-order chi connectivity index (χ0) is 20.9. The van der Waals surface area contributed by atoms with Gasteiger partial charge in [-0.1, -0.05) is 13.8 Å². The van der Waals surface area contributed by atoms with Gasteiger partial charge in [0.25, 0.3) is 5.91 Å². The van der Waals surface area contributed by atoms with Crippen molar-refractivity contribution in [1.29, 1.82) is 0 Å². The molecule has 1 heterocycles. The fourth-order valence-corrected chi connectivity index (χ4v) is 7.89. The average molecular weight is 410 g/mol. The first-order valence-electron chi connectivity index (χ1n) is 11.9. The van der Waals surface area contributed by atoms with Crippen molar-refractivity contribution in [1.82, 2.24) is 10.4 Å². The van der Waals surface area contributed by atoms with Crippen LogP contribution in [-0.4, -0.2) is 27.8 Å². The van der Waals surface area contributed by atoms with Crippen molar-refractivity contribution in [3.8, 4) is 0 Å². The molecule has 0 unspecified atom stereocenters. The standard InChI is InChI=1S/C25H35N3O2/c1-24-11-7-18(29)15-17(24)3-4-19-20-5-6-22(25(20,2)12-8-21(19)24)27-28-23(30)16-9-13-26-14-10-16/h9-10,13-14,17-21,29H,3-8,11-12,15H2,1-2H3,(H,28,30)/b27-22-/t17-,18+,19+,20+,21+,24-,25+/m0/s1. The lowest BCUT2D eigenvalue weighted by molar-refractivity contribution is -0.113. The van der Waals surface area contributed by atoms with E-state index in [2.05, 4.69) is 29.4 Å². The summed E-state index contributed by atoms with van der Waals surface area (Å²) in [5, 5.41) is 14.9. The molecule has 0 aromatic carbocycles. The normalized spacial score (nSPS) is 44.1. The molecule has 0 spiro atoms. The highest BCUT2D eigenvalue weighted by atomic mass is 16.3. The molecule has 1 aromatic rings. The number of nitrogens with zero attached hydrogens (tertiary/aromatic N) is 2. The van der Waals surface area contributed by atoms with Crippen molar-refractivity contribution in [3.63, 3.8) is 0 Å². The molecule has 4 aliphatic rings. The van der Waals surface area contributed by atoms with Crippen LogP contribution in [-0.2, 0) is 0 Å². The maximum atomic E-state index is 12.5. The number of aromatic nitrogens is 1. The number of amides is 1. The fourth-order valence-electron chi connectivity index (χ4n) is 7.89. The first-order valence-corrected chi connectivity index (χ1v) is 11.9. The summed E-state index contributed by atoms with van der Waals surface area (Å²) >= 11 is 0. The number of hydrogen-bond acceptors (Lipinski definition) is 4. The lowest BCUT2D eigenvalue weighted by Crippen LogP contribution is -2.54. The first kappa shape index (κ1) is 20.2. The highest BCUT2D eigenvalue weighted by Gasteiger charge is 2.59. The van der Waals surface area contributed by atoms with Crippen LogP contribution in [0.25, 0.3) is 0 Å². The second-order valence-electron chi connectivity index (χ2n) is 10.8. The van der Waals surface area contributed by atoms with Crippen LogP contribution in [0, 0.1) is 34.5 Å². The Morgan fingerprint density at radius 1 is 1.10 bits per heavy atom. The molecule has 0 radical (unpaired) electrons. The molecule has 0 aliphatic heterocycles. The summed E-state index contributed by atoms with van der Waals surface area (Å²) in [6.07, 6.45) is 13.6. The van der Waals surface area contributed by atoms with Crippen molar-refractivity contribution in [3.05, 3.63) is 30.1 Å². The molecular weight excluding hydrogens is 374 g/mol. The summed E-state index contributed by atoms with van der Waals surface area (Å²) in [5.41, 5.74) is 5.13. The summed E-state index contributed by atoms with van der Waals surface area (Å²) in [7, 11) is 0. The molecular formula is C25H35N3O2. The molecule has 1 amide bonds. The Kier molecular flexibility index (Phi) is 5.00. The van der Waals surface area contributed by atoms with Crippen molar-refractivity contribution in [2.75, 3.05) is 0 Å². The molecule has 30 heavy (non-hydrogen) atoms. The number of hydrazone groups is 1. The van der Waals surface area contributed by atoms with E-state index in [9.17, 15) is 9.90 Å². The number of carbonyl (C=O) groups is 1. The van der Waals surface area contributed by atoms with Crippen LogP contribution in [0.1, 0.15) is 82.0 Å². The van der Waals surface area contributed by atoms with E-state index in [0.29, 0.717) is 22.8 Å². The lowest BCUT2D eigenvalue weighted by Gasteiger charge is -2.60. The number of aliphatic hydroxyl groups is 1. The molecule has 1 aromatic heterocycles. The van der Waals surface area contributed by atoms with Gasteiger partial charge in [-0.2, -0.15) is 5.10 Å². The molecule has 5 heteroatoms. The monoisotopic (exact) mass is 409 g/mol. The van der Waals surface area contributed by atoms with Crippen LogP contribution in [0.5, 0.6) is 0 Å². The van der Waals surface area contributed by atoms with Gasteiger partial charge >= 0.3 is 0 Å². The van der Waals surface area contributed by atoms with Crippen LogP contribution < -0.4 is 5.43 Å². The predicted molar refractivity (Wildman–Crippen MR) is 117 cm³/mol. The Balaban J connectivity index is 1.33. The molecule has 4 fully saturated rings. The van der Waals surface area contributed by atoms with Crippen molar-refractivity contribution in [2.45, 2.75) is 77.7 Å². The van der Waals surface area contributed by atoms with E-state index in [1.165, 1.54) is 44.2 Å². The molecule has 7 atom stereocenters. The van der Waals surface area contributed by atoms with E-state index in [1.807, 2.05) is 0 Å². The van der Waals surface area contributed by atoms with Gasteiger partial charge in [0.05, 0.1) is 6.10 Å². The largest absolute Gasteiger partial charge is 0.393 e. The lowest BCUT2D eigenvalue weighted by atomic mass is 9.45. The SMILES string of the molecule is C[C@]12CC[C@@H](O)C[C@@H]1CC[C@H]1[C@H]2CC[C@@]2(C)/C(=N\NC(=O)c3ccncc3)CC[C@H]12. The topological polar surface area (TPSA) is 74.6 Å². The Morgan fingerprint density at radius 2 is 1.90 bits per heavy atom. The quantitative estimate of drug-likeness (QED) is 0.703. The molecule has 5 rings (SSSR count). The fraction of sp³-hybridized carbons (Fsp3) is 0.720. The molecule has 2 N–H and O–H groups in total. The van der Waals surface area contributed by atoms with E-state index in [-0.39, 0.29) is 17.4 Å². The second-order valence-corrected chi connectivity index (χ2v) is 10.8. The molecule has 4 saturated carbocycles. The van der Waals surface area contributed by atoms with E-state index >= 15 is 0 Å². The highest BCUT2D eigenvalue weighted by molar-refractivity contribution is 5.97. The molecule has 162 valence electrons. The Bertz CT molecular complexity index is 840. The van der Waals surface area contributed by atoms with Gasteiger partial charge in [0.1, 0.15) is 0 Å². The highest BCUT2D eigenvalue weighted by Crippen LogP contribution is 2.65. The minimum atomic E-state index is -0.153. The average Bonchev–Trinajstić information content (AvgIpc) is 3.09. The number of fused-ring (bicyclic) bond motifs is 5. The van der Waals surface area contributed by atoms with Gasteiger partial charge < -0.3 is 5.11 Å². The Labute approximate surface area is 179 Å². The zero-order valence-electron chi connectivity index (χ0n) is 18.3. The van der Waals surface area contributed by atoms with Crippen LogP contribution in [0.4, 0.5) is 0 Å². The third kappa shape index (κ3) is 3.12. The first-order chi connectivity index (χ1) is 14.4. The Hall–Kier alpha value is -1.75. The molecule has 5 nitrogen and oxygen atoms in total. The van der Waals surface area contributed by atoms with Gasteiger partial charge in [0, 0.05) is 29.1 Å². The Morgan fingerprint density at radius 3 is 2.70 bits per heavy atom. The van der Waals surface area contributed by atoms with E-state index in [0.717, 1.165) is 31.1 Å². The van der Waals surface area contributed by atoms with Crippen LogP contribution in [0.3, 0.4) is 0 Å². The number of nitrogens with one attached hydrogen (secondary N) is 1. The number of carbonyl (C=O) groups excluding carboxylic acids is 1. The molecule has 0 saturated heterocycles. The van der Waals surface area contributed by atoms with Crippen molar-refractivity contribution in [2.24, 2.45) is 39.6 Å². The minimum Gasteiger partial charge on any atom is -0.393 e. The second kappa shape index (κ2) is 7.44. The smallest absolute Gasteiger partial charge is 0.271 e. The van der Waals surface area contributed by atoms with E-state index in [1.54, 1.807) is 24.5 Å². The van der Waals surface area contributed by atoms with Gasteiger partial charge in [-0.25, -0.2) is 5.43 Å². The number of pyridine rings is 1.